The Bertz CT molecular complexity index is 497. The SMILES string of the molecule is CCOC(=O)C(F)(F)[C@@H](N)c1c(F)ccc(Cl)c1Cl. The summed E-state index contributed by atoms with van der Waals surface area (Å²) in [6.45, 7) is 1.10. The van der Waals surface area contributed by atoms with Crippen molar-refractivity contribution < 1.29 is 22.7 Å². The van der Waals surface area contributed by atoms with Gasteiger partial charge in [-0.2, -0.15) is 8.78 Å². The lowest BCUT2D eigenvalue weighted by atomic mass is 10.0. The van der Waals surface area contributed by atoms with E-state index in [2.05, 4.69) is 4.74 Å². The van der Waals surface area contributed by atoms with E-state index in [-0.39, 0.29) is 11.6 Å². The first-order valence-electron chi connectivity index (χ1n) is 5.17. The molecule has 1 atom stereocenters. The van der Waals surface area contributed by atoms with E-state index in [4.69, 9.17) is 28.9 Å². The molecule has 0 radical (unpaired) electrons. The Hall–Kier alpha value is -0.980. The number of carbonyl (C=O) groups excluding carboxylic acids is 1. The largest absolute Gasteiger partial charge is 0.462 e. The Morgan fingerprint density at radius 1 is 1.47 bits per heavy atom. The first-order chi connectivity index (χ1) is 8.73. The molecule has 0 aliphatic rings. The Morgan fingerprint density at radius 3 is 2.58 bits per heavy atom. The maximum Gasteiger partial charge on any atom is 0.379 e. The van der Waals surface area contributed by atoms with Crippen LogP contribution in [0.15, 0.2) is 12.1 Å². The number of ether oxygens (including phenoxy) is 1. The van der Waals surface area contributed by atoms with Crippen LogP contribution in [0.25, 0.3) is 0 Å². The lowest BCUT2D eigenvalue weighted by Crippen LogP contribution is -2.42. The molecule has 3 nitrogen and oxygen atoms in total. The van der Waals surface area contributed by atoms with Gasteiger partial charge in [0.2, 0.25) is 0 Å². The highest BCUT2D eigenvalue weighted by atomic mass is 35.5. The van der Waals surface area contributed by atoms with E-state index in [1.54, 1.807) is 0 Å². The van der Waals surface area contributed by atoms with E-state index in [1.807, 2.05) is 0 Å². The second kappa shape index (κ2) is 5.98. The van der Waals surface area contributed by atoms with E-state index >= 15 is 0 Å². The van der Waals surface area contributed by atoms with Crippen molar-refractivity contribution in [2.75, 3.05) is 6.61 Å². The third-order valence-corrected chi connectivity index (χ3v) is 3.15. The molecule has 0 aliphatic heterocycles. The Kier molecular flexibility index (Phi) is 5.06. The number of alkyl halides is 2. The fourth-order valence-electron chi connectivity index (χ4n) is 1.36. The van der Waals surface area contributed by atoms with Crippen LogP contribution in [0.4, 0.5) is 13.2 Å². The average Bonchev–Trinajstić information content (AvgIpc) is 2.34. The molecule has 1 aromatic rings. The minimum atomic E-state index is -4.12. The van der Waals surface area contributed by atoms with Gasteiger partial charge in [0.1, 0.15) is 11.9 Å². The third kappa shape index (κ3) is 3.13. The quantitative estimate of drug-likeness (QED) is 0.685. The van der Waals surface area contributed by atoms with Gasteiger partial charge >= 0.3 is 11.9 Å². The standard InChI is InChI=1S/C11H10Cl2F3NO2/c1-2-19-10(18)11(15,16)9(17)7-6(14)4-3-5(12)8(7)13/h3-4,9H,2,17H2,1H3/t9-/m0/s1. The molecular formula is C11H10Cl2F3NO2. The van der Waals surface area contributed by atoms with Gasteiger partial charge < -0.3 is 10.5 Å². The molecule has 0 saturated heterocycles. The first-order valence-corrected chi connectivity index (χ1v) is 5.93. The molecule has 106 valence electrons. The second-order valence-corrected chi connectivity index (χ2v) is 4.36. The summed E-state index contributed by atoms with van der Waals surface area (Å²) in [5.41, 5.74) is 4.51. The molecule has 19 heavy (non-hydrogen) atoms. The summed E-state index contributed by atoms with van der Waals surface area (Å²) in [5.74, 6) is -7.05. The zero-order valence-corrected chi connectivity index (χ0v) is 11.2. The number of rotatable bonds is 4. The second-order valence-electron chi connectivity index (χ2n) is 3.58. The molecule has 0 bridgehead atoms. The lowest BCUT2D eigenvalue weighted by Gasteiger charge is -2.23. The summed E-state index contributed by atoms with van der Waals surface area (Å²) in [7, 11) is 0. The first kappa shape index (κ1) is 16.1. The van der Waals surface area contributed by atoms with Gasteiger partial charge in [-0.3, -0.25) is 0 Å². The smallest absolute Gasteiger partial charge is 0.379 e. The van der Waals surface area contributed by atoms with Gasteiger partial charge in [-0.15, -0.1) is 0 Å². The van der Waals surface area contributed by atoms with Crippen LogP contribution in [0.2, 0.25) is 10.0 Å². The number of hydrogen-bond donors (Lipinski definition) is 1. The zero-order chi connectivity index (χ0) is 14.8. The number of carbonyl (C=O) groups is 1. The van der Waals surface area contributed by atoms with Crippen LogP contribution in [-0.2, 0) is 9.53 Å². The highest BCUT2D eigenvalue weighted by molar-refractivity contribution is 6.42. The van der Waals surface area contributed by atoms with Crippen molar-refractivity contribution in [2.45, 2.75) is 18.9 Å². The van der Waals surface area contributed by atoms with Gasteiger partial charge in [0.15, 0.2) is 0 Å². The monoisotopic (exact) mass is 315 g/mol. The predicted octanol–water partition coefficient (Wildman–Crippen LogP) is 3.33. The third-order valence-electron chi connectivity index (χ3n) is 2.33. The highest BCUT2D eigenvalue weighted by Crippen LogP contribution is 2.38. The molecule has 0 heterocycles. The summed E-state index contributed by atoms with van der Waals surface area (Å²) in [4.78, 5) is 11.1. The summed E-state index contributed by atoms with van der Waals surface area (Å²) in [6.07, 6.45) is 0. The fourth-order valence-corrected chi connectivity index (χ4v) is 1.80. The molecule has 0 saturated carbocycles. The molecule has 0 unspecified atom stereocenters. The molecular weight excluding hydrogens is 306 g/mol. The van der Waals surface area contributed by atoms with E-state index in [9.17, 15) is 18.0 Å². The van der Waals surface area contributed by atoms with Crippen molar-refractivity contribution in [3.63, 3.8) is 0 Å². The van der Waals surface area contributed by atoms with Crippen molar-refractivity contribution >= 4 is 29.2 Å². The summed E-state index contributed by atoms with van der Waals surface area (Å²) < 4.78 is 45.2. The van der Waals surface area contributed by atoms with Crippen LogP contribution in [0.5, 0.6) is 0 Å². The van der Waals surface area contributed by atoms with Crippen molar-refractivity contribution in [3.8, 4) is 0 Å². The Balaban J connectivity index is 3.23. The highest BCUT2D eigenvalue weighted by Gasteiger charge is 2.49. The van der Waals surface area contributed by atoms with E-state index < -0.39 is 34.3 Å². The van der Waals surface area contributed by atoms with Crippen LogP contribution in [0.3, 0.4) is 0 Å². The maximum absolute atomic E-state index is 13.7. The van der Waals surface area contributed by atoms with Crippen LogP contribution in [0.1, 0.15) is 18.5 Å². The molecule has 0 aromatic heterocycles. The van der Waals surface area contributed by atoms with Crippen LogP contribution >= 0.6 is 23.2 Å². The van der Waals surface area contributed by atoms with Crippen molar-refractivity contribution in [2.24, 2.45) is 5.73 Å². The summed E-state index contributed by atoms with van der Waals surface area (Å²) >= 11 is 11.2. The van der Waals surface area contributed by atoms with Gasteiger partial charge in [-0.1, -0.05) is 23.2 Å². The van der Waals surface area contributed by atoms with Gasteiger partial charge in [-0.25, -0.2) is 9.18 Å². The van der Waals surface area contributed by atoms with Crippen LogP contribution in [-0.4, -0.2) is 18.5 Å². The van der Waals surface area contributed by atoms with Crippen molar-refractivity contribution in [1.82, 2.24) is 0 Å². The molecule has 0 amide bonds. The van der Waals surface area contributed by atoms with Crippen molar-refractivity contribution in [3.05, 3.63) is 33.6 Å². The van der Waals surface area contributed by atoms with E-state index in [1.165, 1.54) is 6.92 Å². The Morgan fingerprint density at radius 2 is 2.05 bits per heavy atom. The fraction of sp³-hybridized carbons (Fsp3) is 0.364. The van der Waals surface area contributed by atoms with Gasteiger partial charge in [0, 0.05) is 5.56 Å². The minimum absolute atomic E-state index is 0.145. The lowest BCUT2D eigenvalue weighted by molar-refractivity contribution is -0.174. The van der Waals surface area contributed by atoms with E-state index in [0.29, 0.717) is 0 Å². The van der Waals surface area contributed by atoms with Gasteiger partial charge in [-0.05, 0) is 19.1 Å². The predicted molar refractivity (Wildman–Crippen MR) is 64.9 cm³/mol. The average molecular weight is 316 g/mol. The van der Waals surface area contributed by atoms with E-state index in [0.717, 1.165) is 12.1 Å². The maximum atomic E-state index is 13.7. The summed E-state index contributed by atoms with van der Waals surface area (Å²) in [5, 5.41) is -0.605. The molecule has 0 spiro atoms. The van der Waals surface area contributed by atoms with Gasteiger partial charge in [0.25, 0.3) is 0 Å². The minimum Gasteiger partial charge on any atom is -0.462 e. The molecule has 1 rings (SSSR count). The molecule has 0 fully saturated rings. The number of esters is 1. The van der Waals surface area contributed by atoms with Crippen LogP contribution in [0, 0.1) is 5.82 Å². The van der Waals surface area contributed by atoms with Crippen molar-refractivity contribution in [1.29, 1.82) is 0 Å². The number of nitrogens with two attached hydrogens (primary N) is 1. The van der Waals surface area contributed by atoms with Gasteiger partial charge in [0.05, 0.1) is 16.7 Å². The molecule has 1 aromatic carbocycles. The topological polar surface area (TPSA) is 52.3 Å². The molecule has 8 heteroatoms. The number of hydrogen-bond acceptors (Lipinski definition) is 3. The van der Waals surface area contributed by atoms with Crippen LogP contribution < -0.4 is 5.73 Å². The normalized spacial score (nSPS) is 13.2. The molecule has 0 aliphatic carbocycles. The molecule has 2 N–H and O–H groups in total. The summed E-state index contributed by atoms with van der Waals surface area (Å²) in [6, 6.07) is -0.361. The number of halogens is 5. The number of benzene rings is 1. The Labute approximate surface area is 117 Å². The zero-order valence-electron chi connectivity index (χ0n) is 9.72.